The minimum absolute atomic E-state index is 0.0577. The van der Waals surface area contributed by atoms with Gasteiger partial charge >= 0.3 is 0 Å². The molecule has 2 nitrogen and oxygen atoms in total. The van der Waals surface area contributed by atoms with Crippen LogP contribution in [0.1, 0.15) is 48.0 Å². The average Bonchev–Trinajstić information content (AvgIpc) is 2.40. The maximum Gasteiger partial charge on any atom is 0.192 e. The molecular formula is C20H41IO2Si2. The van der Waals surface area contributed by atoms with Crippen molar-refractivity contribution in [2.45, 2.75) is 97.9 Å². The molecule has 0 radical (unpaired) electrons. The van der Waals surface area contributed by atoms with Crippen LogP contribution in [-0.2, 0) is 8.85 Å². The molecule has 0 fully saturated rings. The highest BCUT2D eigenvalue weighted by molar-refractivity contribution is 14.1. The molecule has 0 saturated heterocycles. The van der Waals surface area contributed by atoms with Gasteiger partial charge in [0, 0.05) is 5.41 Å². The van der Waals surface area contributed by atoms with Gasteiger partial charge in [0.05, 0.1) is 12.2 Å². The van der Waals surface area contributed by atoms with Crippen molar-refractivity contribution in [2.75, 3.05) is 0 Å². The summed E-state index contributed by atoms with van der Waals surface area (Å²) in [5, 5.41) is 0.195. The van der Waals surface area contributed by atoms with Crippen molar-refractivity contribution in [1.29, 1.82) is 0 Å². The Balaban J connectivity index is 5.76. The van der Waals surface area contributed by atoms with Gasteiger partial charge in [-0.3, -0.25) is 0 Å². The lowest BCUT2D eigenvalue weighted by atomic mass is 9.79. The Morgan fingerprint density at radius 1 is 0.960 bits per heavy atom. The predicted octanol–water partition coefficient (Wildman–Crippen LogP) is 7.54. The summed E-state index contributed by atoms with van der Waals surface area (Å²) in [5.41, 5.74) is -0.0987. The quantitative estimate of drug-likeness (QED) is 0.187. The van der Waals surface area contributed by atoms with E-state index < -0.39 is 16.6 Å². The number of hydrogen-bond acceptors (Lipinski definition) is 2. The van der Waals surface area contributed by atoms with Gasteiger partial charge in [0.1, 0.15) is 0 Å². The van der Waals surface area contributed by atoms with Crippen LogP contribution in [-0.4, -0.2) is 28.8 Å². The SMILES string of the molecule is C/C=C/C(O[Si](C)(C)C(C)(C)C)C(C)(C)C(C/C=C\I)O[Si](C)(C)C. The van der Waals surface area contributed by atoms with Gasteiger partial charge in [-0.25, -0.2) is 0 Å². The van der Waals surface area contributed by atoms with Crippen molar-refractivity contribution in [2.24, 2.45) is 5.41 Å². The summed E-state index contributed by atoms with van der Waals surface area (Å²) >= 11 is 2.29. The van der Waals surface area contributed by atoms with E-state index in [0.29, 0.717) is 0 Å². The summed E-state index contributed by atoms with van der Waals surface area (Å²) < 4.78 is 15.6. The third kappa shape index (κ3) is 8.41. The molecule has 148 valence electrons. The van der Waals surface area contributed by atoms with Crippen LogP contribution in [0.2, 0.25) is 37.8 Å². The molecule has 2 atom stereocenters. The van der Waals surface area contributed by atoms with E-state index in [1.54, 1.807) is 0 Å². The van der Waals surface area contributed by atoms with Gasteiger partial charge in [0.2, 0.25) is 0 Å². The first kappa shape index (κ1) is 25.6. The lowest BCUT2D eigenvalue weighted by molar-refractivity contribution is -0.00783. The van der Waals surface area contributed by atoms with Crippen molar-refractivity contribution in [3.8, 4) is 0 Å². The Hall–Kier alpha value is 0.564. The zero-order chi connectivity index (χ0) is 20.1. The molecule has 0 aliphatic carbocycles. The minimum Gasteiger partial charge on any atom is -0.414 e. The van der Waals surface area contributed by atoms with Crippen molar-refractivity contribution in [1.82, 2.24) is 0 Å². The molecular weight excluding hydrogens is 455 g/mol. The van der Waals surface area contributed by atoms with Crippen LogP contribution >= 0.6 is 22.6 Å². The average molecular weight is 497 g/mol. The summed E-state index contributed by atoms with van der Waals surface area (Å²) in [4.78, 5) is 0. The molecule has 2 unspecified atom stereocenters. The molecule has 0 aliphatic heterocycles. The van der Waals surface area contributed by atoms with E-state index in [0.717, 1.165) is 6.42 Å². The van der Waals surface area contributed by atoms with Gasteiger partial charge in [-0.2, -0.15) is 0 Å². The highest BCUT2D eigenvalue weighted by Crippen LogP contribution is 2.42. The van der Waals surface area contributed by atoms with Gasteiger partial charge in [-0.15, -0.1) is 0 Å². The third-order valence-corrected chi connectivity index (χ3v) is 11.0. The highest BCUT2D eigenvalue weighted by atomic mass is 127. The van der Waals surface area contributed by atoms with Crippen molar-refractivity contribution in [3.05, 3.63) is 22.3 Å². The number of hydrogen-bond donors (Lipinski definition) is 0. The zero-order valence-electron chi connectivity index (χ0n) is 18.4. The normalized spacial score (nSPS) is 17.4. The van der Waals surface area contributed by atoms with Gasteiger partial charge in [-0.1, -0.05) is 75.4 Å². The van der Waals surface area contributed by atoms with Gasteiger partial charge in [0.15, 0.2) is 16.6 Å². The molecule has 0 saturated carbocycles. The van der Waals surface area contributed by atoms with Crippen molar-refractivity contribution in [3.63, 3.8) is 0 Å². The Labute approximate surface area is 173 Å². The van der Waals surface area contributed by atoms with Crippen LogP contribution in [0.4, 0.5) is 0 Å². The van der Waals surface area contributed by atoms with Crippen LogP contribution in [0.15, 0.2) is 22.3 Å². The second-order valence-electron chi connectivity index (χ2n) is 9.96. The number of halogens is 1. The molecule has 0 N–H and O–H groups in total. The van der Waals surface area contributed by atoms with Gasteiger partial charge < -0.3 is 8.85 Å². The Morgan fingerprint density at radius 2 is 1.48 bits per heavy atom. The zero-order valence-corrected chi connectivity index (χ0v) is 22.5. The second kappa shape index (κ2) is 9.67. The summed E-state index contributed by atoms with van der Waals surface area (Å²) in [6, 6.07) is 0. The molecule has 0 aromatic rings. The monoisotopic (exact) mass is 496 g/mol. The van der Waals surface area contributed by atoms with E-state index in [2.05, 4.69) is 119 Å². The molecule has 0 heterocycles. The Kier molecular flexibility index (Phi) is 9.88. The van der Waals surface area contributed by atoms with Crippen LogP contribution in [0, 0.1) is 5.41 Å². The fourth-order valence-corrected chi connectivity index (χ4v) is 5.31. The fourth-order valence-electron chi connectivity index (χ4n) is 2.40. The predicted molar refractivity (Wildman–Crippen MR) is 127 cm³/mol. The standard InChI is InChI=1S/C20H41IO2Si2/c1-12-14-17(23-25(10,11)19(2,3)4)20(5,6)18(15-13-16-21)22-24(7,8)9/h12-14,16-18H,15H2,1-11H3/b14-12+,16-13-. The third-order valence-electron chi connectivity index (χ3n) is 5.09. The molecule has 25 heavy (non-hydrogen) atoms. The molecule has 0 spiro atoms. The topological polar surface area (TPSA) is 18.5 Å². The van der Waals surface area contributed by atoms with E-state index in [9.17, 15) is 0 Å². The summed E-state index contributed by atoms with van der Waals surface area (Å²) in [5.74, 6) is 0. The first-order valence-electron chi connectivity index (χ1n) is 9.32. The minimum atomic E-state index is -1.87. The molecule has 0 aromatic carbocycles. The van der Waals surface area contributed by atoms with E-state index in [1.807, 2.05) is 0 Å². The first-order valence-corrected chi connectivity index (χ1v) is 16.9. The summed E-state index contributed by atoms with van der Waals surface area (Å²) in [6.07, 6.45) is 7.70. The van der Waals surface area contributed by atoms with E-state index in [4.69, 9.17) is 8.85 Å². The summed E-state index contributed by atoms with van der Waals surface area (Å²) in [7, 11) is -3.51. The van der Waals surface area contributed by atoms with E-state index >= 15 is 0 Å². The largest absolute Gasteiger partial charge is 0.414 e. The first-order chi connectivity index (χ1) is 11.1. The van der Waals surface area contributed by atoms with E-state index in [-0.39, 0.29) is 22.7 Å². The maximum absolute atomic E-state index is 6.84. The van der Waals surface area contributed by atoms with Gasteiger partial charge in [0.25, 0.3) is 0 Å². The van der Waals surface area contributed by atoms with Crippen LogP contribution in [0.5, 0.6) is 0 Å². The molecule has 0 aliphatic rings. The lowest BCUT2D eigenvalue weighted by Crippen LogP contribution is -2.52. The molecule has 0 rings (SSSR count). The molecule has 0 aromatic heterocycles. The maximum atomic E-state index is 6.84. The number of allylic oxidation sites excluding steroid dienone is 1. The van der Waals surface area contributed by atoms with Crippen LogP contribution in [0.3, 0.4) is 0 Å². The number of rotatable bonds is 9. The Bertz CT molecular complexity index is 457. The van der Waals surface area contributed by atoms with Crippen molar-refractivity contribution < 1.29 is 8.85 Å². The smallest absolute Gasteiger partial charge is 0.192 e. The summed E-state index contributed by atoms with van der Waals surface area (Å²) in [6.45, 7) is 25.0. The lowest BCUT2D eigenvalue weighted by Gasteiger charge is -2.47. The molecule has 0 amide bonds. The van der Waals surface area contributed by atoms with Crippen LogP contribution < -0.4 is 0 Å². The molecule has 5 heteroatoms. The molecule has 0 bridgehead atoms. The van der Waals surface area contributed by atoms with E-state index in [1.165, 1.54) is 0 Å². The van der Waals surface area contributed by atoms with Crippen molar-refractivity contribution >= 4 is 39.2 Å². The van der Waals surface area contributed by atoms with Crippen LogP contribution in [0.25, 0.3) is 0 Å². The van der Waals surface area contributed by atoms with Gasteiger partial charge in [-0.05, 0) is 55.2 Å². The fraction of sp³-hybridized carbons (Fsp3) is 0.800. The highest BCUT2D eigenvalue weighted by Gasteiger charge is 2.45. The second-order valence-corrected chi connectivity index (χ2v) is 19.9. The Morgan fingerprint density at radius 3 is 1.84 bits per heavy atom.